The topological polar surface area (TPSA) is 65.0 Å². The first-order valence-corrected chi connectivity index (χ1v) is 11.4. The van der Waals surface area contributed by atoms with Gasteiger partial charge >= 0.3 is 0 Å². The largest absolute Gasteiger partial charge is 0.378 e. The Morgan fingerprint density at radius 2 is 1.90 bits per heavy atom. The summed E-state index contributed by atoms with van der Waals surface area (Å²) in [5, 5.41) is 6.84. The molecule has 0 spiro atoms. The Morgan fingerprint density at radius 1 is 1.10 bits per heavy atom. The predicted molar refractivity (Wildman–Crippen MR) is 129 cm³/mol. The zero-order valence-electron chi connectivity index (χ0n) is 18.9. The number of nitrogens with zero attached hydrogens (tertiary/aromatic N) is 4. The molecule has 1 aromatic carbocycles. The highest BCUT2D eigenvalue weighted by Crippen LogP contribution is 2.19. The Hall–Kier alpha value is -2.80. The van der Waals surface area contributed by atoms with Crippen molar-refractivity contribution >= 4 is 17.5 Å². The Morgan fingerprint density at radius 3 is 2.65 bits per heavy atom. The Balaban J connectivity index is 1.53. The molecule has 2 aromatic rings. The van der Waals surface area contributed by atoms with Gasteiger partial charge in [0.15, 0.2) is 5.96 Å². The summed E-state index contributed by atoms with van der Waals surface area (Å²) in [5.41, 5.74) is 2.42. The van der Waals surface area contributed by atoms with Crippen LogP contribution in [0, 0.1) is 0 Å². The van der Waals surface area contributed by atoms with Crippen LogP contribution in [0.4, 0.5) is 11.5 Å². The molecule has 1 aromatic heterocycles. The number of aromatic nitrogens is 1. The summed E-state index contributed by atoms with van der Waals surface area (Å²) in [6.07, 6.45) is 2.90. The number of guanidine groups is 1. The van der Waals surface area contributed by atoms with Crippen molar-refractivity contribution in [3.8, 4) is 0 Å². The Labute approximate surface area is 186 Å². The van der Waals surface area contributed by atoms with Crippen molar-refractivity contribution in [1.29, 1.82) is 0 Å². The summed E-state index contributed by atoms with van der Waals surface area (Å²) in [6, 6.07) is 14.7. The van der Waals surface area contributed by atoms with Gasteiger partial charge in [-0.2, -0.15) is 0 Å². The van der Waals surface area contributed by atoms with Crippen LogP contribution in [0.15, 0.2) is 53.7 Å². The van der Waals surface area contributed by atoms with Crippen LogP contribution < -0.4 is 20.4 Å². The molecule has 0 saturated carbocycles. The van der Waals surface area contributed by atoms with E-state index in [0.29, 0.717) is 6.54 Å². The first kappa shape index (κ1) is 22.9. The number of nitrogens with one attached hydrogen (secondary N) is 2. The molecule has 31 heavy (non-hydrogen) atoms. The number of hydrogen-bond acceptors (Lipinski definition) is 5. The van der Waals surface area contributed by atoms with Gasteiger partial charge in [-0.05, 0) is 38.5 Å². The van der Waals surface area contributed by atoms with Gasteiger partial charge in [-0.25, -0.2) is 9.98 Å². The number of para-hydroxylation sites is 1. The molecule has 0 aliphatic carbocycles. The summed E-state index contributed by atoms with van der Waals surface area (Å²) in [4.78, 5) is 14.1. The molecule has 0 bridgehead atoms. The molecule has 1 saturated heterocycles. The lowest BCUT2D eigenvalue weighted by atomic mass is 10.2. The molecule has 7 nitrogen and oxygen atoms in total. The normalized spacial score (nSPS) is 14.4. The van der Waals surface area contributed by atoms with Gasteiger partial charge in [0, 0.05) is 56.7 Å². The fraction of sp³-hybridized carbons (Fsp3) is 0.500. The molecule has 2 N–H and O–H groups in total. The summed E-state index contributed by atoms with van der Waals surface area (Å²) < 4.78 is 5.48. The maximum absolute atomic E-state index is 5.48. The highest BCUT2D eigenvalue weighted by Gasteiger charge is 2.15. The third-order valence-corrected chi connectivity index (χ3v) is 5.33. The molecule has 3 rings (SSSR count). The van der Waals surface area contributed by atoms with Gasteiger partial charge < -0.3 is 25.2 Å². The second-order valence-corrected chi connectivity index (χ2v) is 7.48. The SMILES string of the molecule is CCNC(=NCc1cccnc1N1CCOCC1)NCCCN(CC)c1ccccc1. The van der Waals surface area contributed by atoms with Crippen LogP contribution in [-0.2, 0) is 11.3 Å². The van der Waals surface area contributed by atoms with E-state index in [0.717, 1.165) is 76.2 Å². The van der Waals surface area contributed by atoms with E-state index < -0.39 is 0 Å². The van der Waals surface area contributed by atoms with Gasteiger partial charge in [0.05, 0.1) is 19.8 Å². The van der Waals surface area contributed by atoms with Crippen molar-refractivity contribution in [2.75, 3.05) is 62.3 Å². The third-order valence-electron chi connectivity index (χ3n) is 5.33. The van der Waals surface area contributed by atoms with Crippen LogP contribution in [-0.4, -0.2) is 63.4 Å². The molecular formula is C24H36N6O. The van der Waals surface area contributed by atoms with Crippen LogP contribution in [0.1, 0.15) is 25.8 Å². The summed E-state index contributed by atoms with van der Waals surface area (Å²) >= 11 is 0. The number of ether oxygens (including phenoxy) is 1. The van der Waals surface area contributed by atoms with Crippen molar-refractivity contribution in [3.05, 3.63) is 54.2 Å². The standard InChI is InChI=1S/C24H36N6O/c1-3-25-24(27-14-9-15-29(4-2)22-11-6-5-7-12-22)28-20-21-10-8-13-26-23(21)30-16-18-31-19-17-30/h5-8,10-13H,3-4,9,14-20H2,1-2H3,(H2,25,27,28). The minimum Gasteiger partial charge on any atom is -0.378 e. The minimum atomic E-state index is 0.598. The maximum Gasteiger partial charge on any atom is 0.191 e. The van der Waals surface area contributed by atoms with Gasteiger partial charge in [-0.3, -0.25) is 0 Å². The second-order valence-electron chi connectivity index (χ2n) is 7.48. The average Bonchev–Trinajstić information content (AvgIpc) is 2.84. The van der Waals surface area contributed by atoms with Crippen molar-refractivity contribution in [3.63, 3.8) is 0 Å². The third kappa shape index (κ3) is 7.14. The molecule has 0 atom stereocenters. The van der Waals surface area contributed by atoms with Gasteiger partial charge in [-0.15, -0.1) is 0 Å². The number of pyridine rings is 1. The molecule has 1 fully saturated rings. The van der Waals surface area contributed by atoms with Gasteiger partial charge in [-0.1, -0.05) is 24.3 Å². The van der Waals surface area contributed by atoms with E-state index in [1.165, 1.54) is 5.69 Å². The average molecular weight is 425 g/mol. The number of rotatable bonds is 10. The van der Waals surface area contributed by atoms with Crippen molar-refractivity contribution < 1.29 is 4.74 Å². The summed E-state index contributed by atoms with van der Waals surface area (Å²) in [7, 11) is 0. The van der Waals surface area contributed by atoms with Crippen LogP contribution in [0.25, 0.3) is 0 Å². The van der Waals surface area contributed by atoms with Gasteiger partial charge in [0.25, 0.3) is 0 Å². The van der Waals surface area contributed by atoms with E-state index in [9.17, 15) is 0 Å². The zero-order chi connectivity index (χ0) is 21.7. The van der Waals surface area contributed by atoms with Crippen molar-refractivity contribution in [2.45, 2.75) is 26.8 Å². The smallest absolute Gasteiger partial charge is 0.191 e. The van der Waals surface area contributed by atoms with Crippen LogP contribution in [0.5, 0.6) is 0 Å². The van der Waals surface area contributed by atoms with Crippen LogP contribution in [0.2, 0.25) is 0 Å². The highest BCUT2D eigenvalue weighted by molar-refractivity contribution is 5.79. The summed E-state index contributed by atoms with van der Waals surface area (Å²) in [5.74, 6) is 1.87. The molecule has 0 radical (unpaired) electrons. The Bertz CT molecular complexity index is 792. The molecular weight excluding hydrogens is 388 g/mol. The fourth-order valence-corrected chi connectivity index (χ4v) is 3.70. The second kappa shape index (κ2) is 12.8. The molecule has 2 heterocycles. The molecule has 0 unspecified atom stereocenters. The minimum absolute atomic E-state index is 0.598. The number of hydrogen-bond donors (Lipinski definition) is 2. The monoisotopic (exact) mass is 424 g/mol. The summed E-state index contributed by atoms with van der Waals surface area (Å²) in [6.45, 7) is 11.9. The lowest BCUT2D eigenvalue weighted by molar-refractivity contribution is 0.122. The van der Waals surface area contributed by atoms with E-state index >= 15 is 0 Å². The van der Waals surface area contributed by atoms with Crippen LogP contribution >= 0.6 is 0 Å². The van der Waals surface area contributed by atoms with E-state index in [1.807, 2.05) is 12.3 Å². The van der Waals surface area contributed by atoms with Gasteiger partial charge in [0.1, 0.15) is 5.82 Å². The molecule has 1 aliphatic heterocycles. The number of anilines is 2. The van der Waals surface area contributed by atoms with Crippen molar-refractivity contribution in [2.24, 2.45) is 4.99 Å². The quantitative estimate of drug-likeness (QED) is 0.347. The molecule has 7 heteroatoms. The van der Waals surface area contributed by atoms with E-state index in [-0.39, 0.29) is 0 Å². The Kier molecular flexibility index (Phi) is 9.44. The van der Waals surface area contributed by atoms with Crippen LogP contribution in [0.3, 0.4) is 0 Å². The maximum atomic E-state index is 5.48. The predicted octanol–water partition coefficient (Wildman–Crippen LogP) is 2.89. The zero-order valence-corrected chi connectivity index (χ0v) is 18.9. The number of morpholine rings is 1. The van der Waals surface area contributed by atoms with E-state index in [2.05, 4.69) is 75.7 Å². The van der Waals surface area contributed by atoms with Crippen molar-refractivity contribution in [1.82, 2.24) is 15.6 Å². The highest BCUT2D eigenvalue weighted by atomic mass is 16.5. The number of aliphatic imine (C=N–C) groups is 1. The van der Waals surface area contributed by atoms with Gasteiger partial charge in [0.2, 0.25) is 0 Å². The fourth-order valence-electron chi connectivity index (χ4n) is 3.70. The molecule has 0 amide bonds. The first-order chi connectivity index (χ1) is 15.3. The molecule has 1 aliphatic rings. The first-order valence-electron chi connectivity index (χ1n) is 11.4. The lowest BCUT2D eigenvalue weighted by Gasteiger charge is -2.29. The molecule has 168 valence electrons. The number of benzene rings is 1. The van der Waals surface area contributed by atoms with E-state index in [4.69, 9.17) is 9.73 Å². The van der Waals surface area contributed by atoms with E-state index in [1.54, 1.807) is 0 Å². The lowest BCUT2D eigenvalue weighted by Crippen LogP contribution is -2.39.